The molecule has 0 radical (unpaired) electrons. The first-order chi connectivity index (χ1) is 8.24. The molecule has 0 aliphatic rings. The number of carbonyl (C=O) groups is 1. The second-order valence-electron chi connectivity index (χ2n) is 3.47. The zero-order chi connectivity index (χ0) is 12.3. The average molecular weight is 228 g/mol. The van der Waals surface area contributed by atoms with Crippen molar-refractivity contribution in [2.24, 2.45) is 0 Å². The van der Waals surface area contributed by atoms with E-state index in [1.54, 1.807) is 42.6 Å². The van der Waals surface area contributed by atoms with Crippen LogP contribution < -0.4 is 10.5 Å². The number of ketones is 1. The summed E-state index contributed by atoms with van der Waals surface area (Å²) < 4.78 is 5.07. The van der Waals surface area contributed by atoms with Gasteiger partial charge in [0.15, 0.2) is 0 Å². The third kappa shape index (κ3) is 2.10. The Morgan fingerprint density at radius 2 is 2.06 bits per heavy atom. The standard InChI is InChI=1S/C13H12N2O2/c1-17-11-7-4-5-9(12(11)14)13(16)10-6-2-3-8-15-10/h2-8H,14H2,1H3. The number of anilines is 1. The number of hydrogen-bond donors (Lipinski definition) is 1. The number of benzene rings is 1. The first-order valence-electron chi connectivity index (χ1n) is 5.12. The van der Waals surface area contributed by atoms with Crippen LogP contribution in [0.5, 0.6) is 5.75 Å². The second-order valence-corrected chi connectivity index (χ2v) is 3.47. The van der Waals surface area contributed by atoms with Gasteiger partial charge in [0.05, 0.1) is 18.4 Å². The summed E-state index contributed by atoms with van der Waals surface area (Å²) in [6.07, 6.45) is 1.57. The molecular formula is C13H12N2O2. The maximum absolute atomic E-state index is 12.1. The van der Waals surface area contributed by atoms with E-state index in [0.717, 1.165) is 0 Å². The smallest absolute Gasteiger partial charge is 0.213 e. The molecule has 17 heavy (non-hydrogen) atoms. The highest BCUT2D eigenvalue weighted by Crippen LogP contribution is 2.26. The van der Waals surface area contributed by atoms with Crippen molar-refractivity contribution in [3.63, 3.8) is 0 Å². The van der Waals surface area contributed by atoms with Crippen LogP contribution in [0.2, 0.25) is 0 Å². The molecule has 0 saturated carbocycles. The Labute approximate surface area is 99.1 Å². The summed E-state index contributed by atoms with van der Waals surface area (Å²) in [7, 11) is 1.51. The Morgan fingerprint density at radius 1 is 1.24 bits per heavy atom. The minimum absolute atomic E-state index is 0.206. The molecule has 0 aliphatic carbocycles. The van der Waals surface area contributed by atoms with Gasteiger partial charge in [-0.3, -0.25) is 9.78 Å². The molecule has 4 heteroatoms. The van der Waals surface area contributed by atoms with Gasteiger partial charge in [-0.1, -0.05) is 12.1 Å². The van der Waals surface area contributed by atoms with Crippen molar-refractivity contribution in [3.8, 4) is 5.75 Å². The lowest BCUT2D eigenvalue weighted by Gasteiger charge is -2.08. The molecule has 2 aromatic rings. The van der Waals surface area contributed by atoms with Gasteiger partial charge in [-0.25, -0.2) is 0 Å². The summed E-state index contributed by atoms with van der Waals surface area (Å²) in [6.45, 7) is 0. The number of aromatic nitrogens is 1. The van der Waals surface area contributed by atoms with Gasteiger partial charge in [-0.15, -0.1) is 0 Å². The monoisotopic (exact) mass is 228 g/mol. The lowest BCUT2D eigenvalue weighted by Crippen LogP contribution is -2.08. The van der Waals surface area contributed by atoms with Crippen molar-refractivity contribution in [1.82, 2.24) is 4.98 Å². The van der Waals surface area contributed by atoms with Crippen molar-refractivity contribution in [2.75, 3.05) is 12.8 Å². The number of para-hydroxylation sites is 1. The van der Waals surface area contributed by atoms with Crippen molar-refractivity contribution in [3.05, 3.63) is 53.9 Å². The summed E-state index contributed by atoms with van der Waals surface area (Å²) in [5.74, 6) is 0.286. The molecule has 0 atom stereocenters. The topological polar surface area (TPSA) is 65.2 Å². The third-order valence-corrected chi connectivity index (χ3v) is 2.43. The number of ether oxygens (including phenoxy) is 1. The maximum Gasteiger partial charge on any atom is 0.213 e. The fourth-order valence-corrected chi connectivity index (χ4v) is 1.56. The number of nitrogen functional groups attached to an aromatic ring is 1. The normalized spacial score (nSPS) is 9.94. The second kappa shape index (κ2) is 4.65. The number of hydrogen-bond acceptors (Lipinski definition) is 4. The Bertz CT molecular complexity index is 538. The van der Waals surface area contributed by atoms with Gasteiger partial charge in [0.2, 0.25) is 5.78 Å². The Morgan fingerprint density at radius 3 is 2.71 bits per heavy atom. The number of methoxy groups -OCH3 is 1. The molecule has 0 saturated heterocycles. The Kier molecular flexibility index (Phi) is 3.05. The Balaban J connectivity index is 2.45. The number of rotatable bonds is 3. The van der Waals surface area contributed by atoms with Crippen LogP contribution in [0.15, 0.2) is 42.6 Å². The molecule has 0 amide bonds. The molecule has 4 nitrogen and oxygen atoms in total. The number of carbonyl (C=O) groups excluding carboxylic acids is 1. The molecule has 0 spiro atoms. The van der Waals surface area contributed by atoms with E-state index in [9.17, 15) is 4.79 Å². The van der Waals surface area contributed by atoms with Gasteiger partial charge < -0.3 is 10.5 Å². The molecule has 86 valence electrons. The molecule has 0 aliphatic heterocycles. The molecule has 2 rings (SSSR count). The number of pyridine rings is 1. The highest BCUT2D eigenvalue weighted by molar-refractivity contribution is 6.11. The van der Waals surface area contributed by atoms with Gasteiger partial charge >= 0.3 is 0 Å². The van der Waals surface area contributed by atoms with Crippen molar-refractivity contribution in [2.45, 2.75) is 0 Å². The van der Waals surface area contributed by atoms with E-state index in [2.05, 4.69) is 4.98 Å². The quantitative estimate of drug-likeness (QED) is 0.643. The van der Waals surface area contributed by atoms with Gasteiger partial charge in [-0.05, 0) is 24.3 Å². The molecule has 2 N–H and O–H groups in total. The largest absolute Gasteiger partial charge is 0.495 e. The summed E-state index contributed by atoms with van der Waals surface area (Å²) >= 11 is 0. The molecule has 0 unspecified atom stereocenters. The van der Waals surface area contributed by atoms with Crippen LogP contribution >= 0.6 is 0 Å². The predicted molar refractivity (Wildman–Crippen MR) is 65.1 cm³/mol. The molecule has 1 heterocycles. The maximum atomic E-state index is 12.1. The van der Waals surface area contributed by atoms with Gasteiger partial charge in [0.25, 0.3) is 0 Å². The van der Waals surface area contributed by atoms with Crippen LogP contribution in [0.4, 0.5) is 5.69 Å². The van der Waals surface area contributed by atoms with E-state index in [0.29, 0.717) is 22.7 Å². The minimum Gasteiger partial charge on any atom is -0.495 e. The van der Waals surface area contributed by atoms with E-state index >= 15 is 0 Å². The lowest BCUT2D eigenvalue weighted by atomic mass is 10.1. The minimum atomic E-state index is -0.206. The summed E-state index contributed by atoms with van der Waals surface area (Å²) in [5.41, 5.74) is 6.97. The van der Waals surface area contributed by atoms with Gasteiger partial charge in [-0.2, -0.15) is 0 Å². The van der Waals surface area contributed by atoms with Gasteiger partial charge in [0.1, 0.15) is 11.4 Å². The van der Waals surface area contributed by atoms with E-state index in [4.69, 9.17) is 10.5 Å². The molecule has 0 fully saturated rings. The average Bonchev–Trinajstić information content (AvgIpc) is 2.39. The SMILES string of the molecule is COc1cccc(C(=O)c2ccccn2)c1N. The molecular weight excluding hydrogens is 216 g/mol. The van der Waals surface area contributed by atoms with Crippen LogP contribution in [0.1, 0.15) is 16.1 Å². The molecule has 1 aromatic heterocycles. The zero-order valence-electron chi connectivity index (χ0n) is 9.38. The van der Waals surface area contributed by atoms with Crippen LogP contribution in [0.25, 0.3) is 0 Å². The highest BCUT2D eigenvalue weighted by atomic mass is 16.5. The van der Waals surface area contributed by atoms with E-state index in [1.807, 2.05) is 0 Å². The van der Waals surface area contributed by atoms with Gasteiger partial charge in [0, 0.05) is 6.20 Å². The Hall–Kier alpha value is -2.36. The summed E-state index contributed by atoms with van der Waals surface area (Å²) in [4.78, 5) is 16.1. The van der Waals surface area contributed by atoms with Crippen LogP contribution in [-0.2, 0) is 0 Å². The highest BCUT2D eigenvalue weighted by Gasteiger charge is 2.15. The summed E-state index contributed by atoms with van der Waals surface area (Å²) in [5, 5.41) is 0. The first kappa shape index (κ1) is 11.1. The van der Waals surface area contributed by atoms with E-state index < -0.39 is 0 Å². The van der Waals surface area contributed by atoms with Crippen LogP contribution in [-0.4, -0.2) is 17.9 Å². The third-order valence-electron chi connectivity index (χ3n) is 2.43. The van der Waals surface area contributed by atoms with E-state index in [-0.39, 0.29) is 5.78 Å². The molecule has 1 aromatic carbocycles. The molecule has 0 bridgehead atoms. The number of nitrogens with two attached hydrogens (primary N) is 1. The van der Waals surface area contributed by atoms with Crippen LogP contribution in [0.3, 0.4) is 0 Å². The first-order valence-corrected chi connectivity index (χ1v) is 5.12. The summed E-state index contributed by atoms with van der Waals surface area (Å²) in [6, 6.07) is 10.3. The van der Waals surface area contributed by atoms with Crippen molar-refractivity contribution < 1.29 is 9.53 Å². The fourth-order valence-electron chi connectivity index (χ4n) is 1.56. The van der Waals surface area contributed by atoms with Crippen molar-refractivity contribution >= 4 is 11.5 Å². The van der Waals surface area contributed by atoms with E-state index in [1.165, 1.54) is 7.11 Å². The predicted octanol–water partition coefficient (Wildman–Crippen LogP) is 1.90. The lowest BCUT2D eigenvalue weighted by molar-refractivity contribution is 0.103. The zero-order valence-corrected chi connectivity index (χ0v) is 9.38. The number of nitrogens with zero attached hydrogens (tertiary/aromatic N) is 1. The van der Waals surface area contributed by atoms with Crippen molar-refractivity contribution in [1.29, 1.82) is 0 Å². The van der Waals surface area contributed by atoms with Crippen LogP contribution in [0, 0.1) is 0 Å². The fraction of sp³-hybridized carbons (Fsp3) is 0.0769.